The van der Waals surface area contributed by atoms with Crippen LogP contribution in [0.2, 0.25) is 0 Å². The molecule has 3 heteroatoms. The summed E-state index contributed by atoms with van der Waals surface area (Å²) in [7, 11) is 0. The van der Waals surface area contributed by atoms with Crippen molar-refractivity contribution < 1.29 is 4.79 Å². The fraction of sp³-hybridized carbons (Fsp3) is 0.875. The molecule has 0 aromatic heterocycles. The van der Waals surface area contributed by atoms with Crippen molar-refractivity contribution in [3.05, 3.63) is 0 Å². The van der Waals surface area contributed by atoms with Crippen LogP contribution in [-0.4, -0.2) is 18.1 Å². The normalized spacial score (nSPS) is 24.0. The zero-order valence-electron chi connectivity index (χ0n) is 6.60. The number of hydrogen-bond donors (Lipinski definition) is 2. The summed E-state index contributed by atoms with van der Waals surface area (Å²) in [5.74, 6) is 0. The second-order valence-electron chi connectivity index (χ2n) is 3.52. The molecular formula is C8H14N2O. The molecule has 0 spiro atoms. The van der Waals surface area contributed by atoms with Crippen LogP contribution in [0.25, 0.3) is 0 Å². The second-order valence-corrected chi connectivity index (χ2v) is 3.52. The number of carbonyl (C=O) groups excluding carboxylic acids is 1. The van der Waals surface area contributed by atoms with Gasteiger partial charge in [0.05, 0.1) is 0 Å². The molecule has 0 aliphatic heterocycles. The lowest BCUT2D eigenvalue weighted by Crippen LogP contribution is -2.45. The highest BCUT2D eigenvalue weighted by atomic mass is 16.2. The van der Waals surface area contributed by atoms with Crippen molar-refractivity contribution in [2.24, 2.45) is 0 Å². The van der Waals surface area contributed by atoms with E-state index in [0.29, 0.717) is 12.1 Å². The van der Waals surface area contributed by atoms with E-state index in [4.69, 9.17) is 0 Å². The van der Waals surface area contributed by atoms with E-state index in [2.05, 4.69) is 10.6 Å². The average molecular weight is 154 g/mol. The molecule has 2 saturated carbocycles. The van der Waals surface area contributed by atoms with Gasteiger partial charge < -0.3 is 10.6 Å². The van der Waals surface area contributed by atoms with Crippen LogP contribution in [-0.2, 0) is 0 Å². The molecule has 2 rings (SSSR count). The Kier molecular flexibility index (Phi) is 1.72. The highest BCUT2D eigenvalue weighted by Crippen LogP contribution is 2.20. The van der Waals surface area contributed by atoms with Crippen molar-refractivity contribution in [1.82, 2.24) is 10.6 Å². The first-order valence-electron chi connectivity index (χ1n) is 4.41. The van der Waals surface area contributed by atoms with E-state index in [1.54, 1.807) is 0 Å². The fourth-order valence-electron chi connectivity index (χ4n) is 1.19. The van der Waals surface area contributed by atoms with Crippen molar-refractivity contribution in [2.45, 2.75) is 44.2 Å². The summed E-state index contributed by atoms with van der Waals surface area (Å²) in [4.78, 5) is 11.1. The minimum absolute atomic E-state index is 0.0391. The molecule has 0 bridgehead atoms. The van der Waals surface area contributed by atoms with Gasteiger partial charge in [0.25, 0.3) is 0 Å². The van der Waals surface area contributed by atoms with Gasteiger partial charge in [-0.1, -0.05) is 0 Å². The summed E-state index contributed by atoms with van der Waals surface area (Å²) in [6, 6.07) is 0.987. The molecule has 2 aliphatic rings. The first kappa shape index (κ1) is 6.95. The number of rotatable bonds is 2. The second kappa shape index (κ2) is 2.72. The standard InChI is InChI=1S/C8H14N2O/c11-8(10-7-4-5-7)9-6-2-1-3-6/h6-7H,1-5H2,(H2,9,10,11). The Labute approximate surface area is 66.5 Å². The molecule has 0 atom stereocenters. The predicted molar refractivity (Wildman–Crippen MR) is 42.3 cm³/mol. The highest BCUT2D eigenvalue weighted by molar-refractivity contribution is 5.74. The van der Waals surface area contributed by atoms with E-state index >= 15 is 0 Å². The zero-order valence-corrected chi connectivity index (χ0v) is 6.60. The first-order chi connectivity index (χ1) is 5.34. The first-order valence-corrected chi connectivity index (χ1v) is 4.41. The minimum atomic E-state index is 0.0391. The maximum Gasteiger partial charge on any atom is 0.315 e. The van der Waals surface area contributed by atoms with Gasteiger partial charge in [-0.3, -0.25) is 0 Å². The number of carbonyl (C=O) groups is 1. The molecular weight excluding hydrogens is 140 g/mol. The smallest absolute Gasteiger partial charge is 0.315 e. The number of nitrogens with one attached hydrogen (secondary N) is 2. The Hall–Kier alpha value is -0.730. The van der Waals surface area contributed by atoms with Crippen LogP contribution in [0.1, 0.15) is 32.1 Å². The van der Waals surface area contributed by atoms with E-state index in [1.807, 2.05) is 0 Å². The van der Waals surface area contributed by atoms with Crippen molar-refractivity contribution in [3.63, 3.8) is 0 Å². The van der Waals surface area contributed by atoms with Gasteiger partial charge in [0.2, 0.25) is 0 Å². The molecule has 0 heterocycles. The molecule has 0 unspecified atom stereocenters. The molecule has 11 heavy (non-hydrogen) atoms. The van der Waals surface area contributed by atoms with Gasteiger partial charge in [-0.25, -0.2) is 4.79 Å². The summed E-state index contributed by atoms with van der Waals surface area (Å²) >= 11 is 0. The molecule has 62 valence electrons. The van der Waals surface area contributed by atoms with Crippen LogP contribution in [0.5, 0.6) is 0 Å². The van der Waals surface area contributed by atoms with E-state index < -0.39 is 0 Å². The molecule has 0 radical (unpaired) electrons. The largest absolute Gasteiger partial charge is 0.335 e. The quantitative estimate of drug-likeness (QED) is 0.612. The third-order valence-electron chi connectivity index (χ3n) is 2.35. The number of hydrogen-bond acceptors (Lipinski definition) is 1. The number of amides is 2. The van der Waals surface area contributed by atoms with Gasteiger partial charge in [0, 0.05) is 12.1 Å². The zero-order chi connectivity index (χ0) is 7.68. The van der Waals surface area contributed by atoms with Crippen LogP contribution in [0, 0.1) is 0 Å². The van der Waals surface area contributed by atoms with Gasteiger partial charge in [0.15, 0.2) is 0 Å². The SMILES string of the molecule is O=C(NC1CCC1)NC1CC1. The summed E-state index contributed by atoms with van der Waals surface area (Å²) < 4.78 is 0. The van der Waals surface area contributed by atoms with Crippen molar-refractivity contribution in [2.75, 3.05) is 0 Å². The van der Waals surface area contributed by atoms with Gasteiger partial charge in [-0.05, 0) is 32.1 Å². The molecule has 2 N–H and O–H groups in total. The Morgan fingerprint density at radius 2 is 1.55 bits per heavy atom. The van der Waals surface area contributed by atoms with Crippen LogP contribution in [0.3, 0.4) is 0 Å². The topological polar surface area (TPSA) is 41.1 Å². The summed E-state index contributed by atoms with van der Waals surface area (Å²) in [6.45, 7) is 0. The molecule has 2 aliphatic carbocycles. The van der Waals surface area contributed by atoms with Gasteiger partial charge in [0.1, 0.15) is 0 Å². The Balaban J connectivity index is 1.63. The minimum Gasteiger partial charge on any atom is -0.335 e. The highest BCUT2D eigenvalue weighted by Gasteiger charge is 2.25. The van der Waals surface area contributed by atoms with Crippen molar-refractivity contribution >= 4 is 6.03 Å². The third-order valence-corrected chi connectivity index (χ3v) is 2.35. The Morgan fingerprint density at radius 1 is 1.00 bits per heavy atom. The van der Waals surface area contributed by atoms with E-state index in [9.17, 15) is 4.79 Å². The molecule has 0 saturated heterocycles. The summed E-state index contributed by atoms with van der Waals surface area (Å²) in [6.07, 6.45) is 5.93. The fourth-order valence-corrected chi connectivity index (χ4v) is 1.19. The van der Waals surface area contributed by atoms with E-state index in [0.717, 1.165) is 25.7 Å². The third kappa shape index (κ3) is 1.85. The van der Waals surface area contributed by atoms with Gasteiger partial charge in [-0.2, -0.15) is 0 Å². The lowest BCUT2D eigenvalue weighted by molar-refractivity contribution is 0.228. The van der Waals surface area contributed by atoms with Gasteiger partial charge >= 0.3 is 6.03 Å². The maximum atomic E-state index is 11.1. The summed E-state index contributed by atoms with van der Waals surface area (Å²) in [5.41, 5.74) is 0. The lowest BCUT2D eigenvalue weighted by atomic mass is 9.93. The van der Waals surface area contributed by atoms with Crippen molar-refractivity contribution in [3.8, 4) is 0 Å². The average Bonchev–Trinajstić information content (AvgIpc) is 2.62. The lowest BCUT2D eigenvalue weighted by Gasteiger charge is -2.26. The van der Waals surface area contributed by atoms with Gasteiger partial charge in [-0.15, -0.1) is 0 Å². The number of urea groups is 1. The molecule has 2 amide bonds. The monoisotopic (exact) mass is 154 g/mol. The van der Waals surface area contributed by atoms with Crippen LogP contribution in [0.15, 0.2) is 0 Å². The van der Waals surface area contributed by atoms with Crippen LogP contribution in [0.4, 0.5) is 4.79 Å². The summed E-state index contributed by atoms with van der Waals surface area (Å²) in [5, 5.41) is 5.84. The van der Waals surface area contributed by atoms with Crippen molar-refractivity contribution in [1.29, 1.82) is 0 Å². The molecule has 0 aromatic carbocycles. The van der Waals surface area contributed by atoms with Crippen LogP contribution < -0.4 is 10.6 Å². The van der Waals surface area contributed by atoms with Crippen LogP contribution >= 0.6 is 0 Å². The Morgan fingerprint density at radius 3 is 1.91 bits per heavy atom. The van der Waals surface area contributed by atoms with E-state index in [-0.39, 0.29) is 6.03 Å². The van der Waals surface area contributed by atoms with E-state index in [1.165, 1.54) is 6.42 Å². The molecule has 0 aromatic rings. The Bertz CT molecular complexity index is 161. The molecule has 2 fully saturated rings. The molecule has 3 nitrogen and oxygen atoms in total. The maximum absolute atomic E-state index is 11.1. The predicted octanol–water partition coefficient (Wildman–Crippen LogP) is 1.00.